The van der Waals surface area contributed by atoms with E-state index in [1.54, 1.807) is 0 Å². The van der Waals surface area contributed by atoms with Crippen LogP contribution in [0, 0.1) is 11.6 Å². The molecule has 1 aliphatic rings. The van der Waals surface area contributed by atoms with Crippen LogP contribution < -0.4 is 5.32 Å². The molecule has 1 aromatic heterocycles. The van der Waals surface area contributed by atoms with Gasteiger partial charge in [-0.1, -0.05) is 0 Å². The van der Waals surface area contributed by atoms with Gasteiger partial charge in [0.15, 0.2) is 0 Å². The zero-order valence-electron chi connectivity index (χ0n) is 7.06. The first-order valence-corrected chi connectivity index (χ1v) is 4.28. The third kappa shape index (κ3) is 1.54. The minimum absolute atomic E-state index is 0.0389. The van der Waals surface area contributed by atoms with Gasteiger partial charge in [0.2, 0.25) is 0 Å². The molecule has 0 amide bonds. The van der Waals surface area contributed by atoms with Crippen molar-refractivity contribution >= 4 is 0 Å². The van der Waals surface area contributed by atoms with Crippen LogP contribution in [0.3, 0.4) is 0 Å². The number of nitrogens with one attached hydrogen (secondary N) is 1. The van der Waals surface area contributed by atoms with Crippen LogP contribution in [-0.4, -0.2) is 18.1 Å². The van der Waals surface area contributed by atoms with Gasteiger partial charge in [-0.25, -0.2) is 8.78 Å². The molecule has 2 nitrogen and oxygen atoms in total. The van der Waals surface area contributed by atoms with Crippen LogP contribution in [0.1, 0.15) is 17.9 Å². The molecule has 1 aliphatic heterocycles. The molecule has 1 atom stereocenters. The molecular weight excluding hydrogens is 174 g/mol. The number of aromatic nitrogens is 1. The average molecular weight is 184 g/mol. The van der Waals surface area contributed by atoms with E-state index in [1.807, 2.05) is 0 Å². The molecule has 0 radical (unpaired) electrons. The molecule has 1 aromatic rings. The maximum atomic E-state index is 13.2. The number of rotatable bonds is 1. The van der Waals surface area contributed by atoms with Crippen molar-refractivity contribution in [3.8, 4) is 0 Å². The van der Waals surface area contributed by atoms with Crippen molar-refractivity contribution in [3.05, 3.63) is 29.6 Å². The third-order valence-corrected chi connectivity index (χ3v) is 2.36. The highest BCUT2D eigenvalue weighted by Crippen LogP contribution is 2.26. The maximum absolute atomic E-state index is 13.2. The predicted molar refractivity (Wildman–Crippen MR) is 44.4 cm³/mol. The lowest BCUT2D eigenvalue weighted by Gasteiger charge is -2.09. The highest BCUT2D eigenvalue weighted by molar-refractivity contribution is 5.21. The first-order valence-electron chi connectivity index (χ1n) is 4.28. The van der Waals surface area contributed by atoms with Gasteiger partial charge < -0.3 is 5.32 Å². The first-order chi connectivity index (χ1) is 6.29. The molecule has 4 heteroatoms. The second-order valence-electron chi connectivity index (χ2n) is 3.21. The number of pyridine rings is 1. The molecule has 70 valence electrons. The molecule has 13 heavy (non-hydrogen) atoms. The Balaban J connectivity index is 2.37. The van der Waals surface area contributed by atoms with Gasteiger partial charge in [0, 0.05) is 18.0 Å². The van der Waals surface area contributed by atoms with Crippen molar-refractivity contribution < 1.29 is 8.78 Å². The van der Waals surface area contributed by atoms with Crippen LogP contribution in [-0.2, 0) is 0 Å². The van der Waals surface area contributed by atoms with E-state index in [0.29, 0.717) is 6.54 Å². The highest BCUT2D eigenvalue weighted by atomic mass is 19.1. The van der Waals surface area contributed by atoms with Gasteiger partial charge in [-0.2, -0.15) is 0 Å². The van der Waals surface area contributed by atoms with Gasteiger partial charge in [-0.05, 0) is 13.0 Å². The lowest BCUT2D eigenvalue weighted by molar-refractivity contribution is 0.523. The van der Waals surface area contributed by atoms with Crippen LogP contribution >= 0.6 is 0 Å². The fraction of sp³-hybridized carbons (Fsp3) is 0.444. The Morgan fingerprint density at radius 1 is 1.31 bits per heavy atom. The topological polar surface area (TPSA) is 24.9 Å². The SMILES string of the molecule is Fc1cncc(F)c1C1CCNC1. The van der Waals surface area contributed by atoms with E-state index in [1.165, 1.54) is 0 Å². The quantitative estimate of drug-likeness (QED) is 0.714. The Morgan fingerprint density at radius 3 is 2.54 bits per heavy atom. The molecular formula is C9H10F2N2. The fourth-order valence-corrected chi connectivity index (χ4v) is 1.71. The molecule has 0 spiro atoms. The number of hydrogen-bond acceptors (Lipinski definition) is 2. The first kappa shape index (κ1) is 8.56. The Labute approximate surface area is 75.0 Å². The molecule has 1 unspecified atom stereocenters. The maximum Gasteiger partial charge on any atom is 0.147 e. The van der Waals surface area contributed by atoms with E-state index in [4.69, 9.17) is 0 Å². The zero-order chi connectivity index (χ0) is 9.26. The van der Waals surface area contributed by atoms with Gasteiger partial charge in [0.25, 0.3) is 0 Å². The van der Waals surface area contributed by atoms with E-state index >= 15 is 0 Å². The second-order valence-corrected chi connectivity index (χ2v) is 3.21. The van der Waals surface area contributed by atoms with Crippen molar-refractivity contribution in [2.75, 3.05) is 13.1 Å². The predicted octanol–water partition coefficient (Wildman–Crippen LogP) is 1.44. The summed E-state index contributed by atoms with van der Waals surface area (Å²) < 4.78 is 26.3. The van der Waals surface area contributed by atoms with Crippen molar-refractivity contribution in [1.82, 2.24) is 10.3 Å². The Hall–Kier alpha value is -1.03. The monoisotopic (exact) mass is 184 g/mol. The van der Waals surface area contributed by atoms with E-state index in [9.17, 15) is 8.78 Å². The number of nitrogens with zero attached hydrogens (tertiary/aromatic N) is 1. The molecule has 2 heterocycles. The minimum atomic E-state index is -0.534. The summed E-state index contributed by atoms with van der Waals surface area (Å²) in [6.45, 7) is 1.48. The van der Waals surface area contributed by atoms with Gasteiger partial charge in [0.05, 0.1) is 12.4 Å². The Bertz CT molecular complexity index is 288. The number of hydrogen-bond donors (Lipinski definition) is 1. The summed E-state index contributed by atoms with van der Waals surface area (Å²) in [5, 5.41) is 3.07. The van der Waals surface area contributed by atoms with Crippen molar-refractivity contribution in [1.29, 1.82) is 0 Å². The van der Waals surface area contributed by atoms with Gasteiger partial charge in [-0.3, -0.25) is 4.98 Å². The second kappa shape index (κ2) is 3.38. The van der Waals surface area contributed by atoms with Gasteiger partial charge in [0.1, 0.15) is 11.6 Å². The van der Waals surface area contributed by atoms with Gasteiger partial charge >= 0.3 is 0 Å². The summed E-state index contributed by atoms with van der Waals surface area (Å²) in [6.07, 6.45) is 2.92. The van der Waals surface area contributed by atoms with E-state index < -0.39 is 11.6 Å². The smallest absolute Gasteiger partial charge is 0.147 e. The van der Waals surface area contributed by atoms with Crippen LogP contribution in [0.5, 0.6) is 0 Å². The van der Waals surface area contributed by atoms with Crippen molar-refractivity contribution in [2.24, 2.45) is 0 Å². The van der Waals surface area contributed by atoms with Crippen LogP contribution in [0.2, 0.25) is 0 Å². The van der Waals surface area contributed by atoms with Crippen molar-refractivity contribution in [3.63, 3.8) is 0 Å². The third-order valence-electron chi connectivity index (χ3n) is 2.36. The van der Waals surface area contributed by atoms with E-state index in [-0.39, 0.29) is 11.5 Å². The van der Waals surface area contributed by atoms with Crippen LogP contribution in [0.4, 0.5) is 8.78 Å². The largest absolute Gasteiger partial charge is 0.316 e. The lowest BCUT2D eigenvalue weighted by atomic mass is 9.99. The average Bonchev–Trinajstić information content (AvgIpc) is 2.57. The Morgan fingerprint density at radius 2 is 2.00 bits per heavy atom. The standard InChI is InChI=1S/C9H10F2N2/c10-7-4-13-5-8(11)9(7)6-1-2-12-3-6/h4-6,12H,1-3H2. The highest BCUT2D eigenvalue weighted by Gasteiger charge is 2.23. The molecule has 1 fully saturated rings. The van der Waals surface area contributed by atoms with Crippen LogP contribution in [0.25, 0.3) is 0 Å². The zero-order valence-corrected chi connectivity index (χ0v) is 7.06. The fourth-order valence-electron chi connectivity index (χ4n) is 1.71. The number of halogens is 2. The molecule has 0 bridgehead atoms. The molecule has 1 N–H and O–H groups in total. The summed E-state index contributed by atoms with van der Waals surface area (Å²) in [4.78, 5) is 3.45. The van der Waals surface area contributed by atoms with E-state index in [2.05, 4.69) is 10.3 Å². The summed E-state index contributed by atoms with van der Waals surface area (Å²) in [5.41, 5.74) is 0.181. The van der Waals surface area contributed by atoms with Crippen LogP contribution in [0.15, 0.2) is 12.4 Å². The molecule has 2 rings (SSSR count). The van der Waals surface area contributed by atoms with Crippen molar-refractivity contribution in [2.45, 2.75) is 12.3 Å². The molecule has 0 aromatic carbocycles. The summed E-state index contributed by atoms with van der Waals surface area (Å²) in [5.74, 6) is -1.11. The van der Waals surface area contributed by atoms with Gasteiger partial charge in [-0.15, -0.1) is 0 Å². The summed E-state index contributed by atoms with van der Waals surface area (Å²) in [6, 6.07) is 0. The molecule has 1 saturated heterocycles. The van der Waals surface area contributed by atoms with E-state index in [0.717, 1.165) is 25.4 Å². The minimum Gasteiger partial charge on any atom is -0.316 e. The normalized spacial score (nSPS) is 22.2. The lowest BCUT2D eigenvalue weighted by Crippen LogP contribution is -2.10. The molecule has 0 saturated carbocycles. The summed E-state index contributed by atoms with van der Waals surface area (Å²) in [7, 11) is 0. The molecule has 0 aliphatic carbocycles. The summed E-state index contributed by atoms with van der Waals surface area (Å²) >= 11 is 0. The Kier molecular flexibility index (Phi) is 2.22.